The number of hydrogen-bond donors (Lipinski definition) is 1. The summed E-state index contributed by atoms with van der Waals surface area (Å²) in [6, 6.07) is 11.6. The van der Waals surface area contributed by atoms with Crippen LogP contribution in [-0.2, 0) is 0 Å². The molecule has 1 aromatic carbocycles. The highest BCUT2D eigenvalue weighted by molar-refractivity contribution is 8.14. The average Bonchev–Trinajstić information content (AvgIpc) is 3.14. The molecule has 1 saturated heterocycles. The molecule has 2 aliphatic rings. The maximum absolute atomic E-state index is 10.0. The minimum absolute atomic E-state index is 0.0461. The van der Waals surface area contributed by atoms with E-state index in [0.717, 1.165) is 23.0 Å². The molecule has 4 rings (SSSR count). The number of thioether (sulfide) groups is 1. The Morgan fingerprint density at radius 2 is 2.20 bits per heavy atom. The number of hydrogen-bond acceptors (Lipinski definition) is 6. The molecule has 0 saturated carbocycles. The zero-order valence-corrected chi connectivity index (χ0v) is 15.1. The number of phenolic OH excluding ortho intramolecular Hbond substituents is 1. The zero-order chi connectivity index (χ0) is 17.4. The van der Waals surface area contributed by atoms with Crippen molar-refractivity contribution in [1.29, 1.82) is 0 Å². The number of aromatic hydroxyl groups is 1. The van der Waals surface area contributed by atoms with Crippen LogP contribution in [0.15, 0.2) is 47.6 Å². The number of benzene rings is 1. The minimum atomic E-state index is -0.0461. The van der Waals surface area contributed by atoms with E-state index in [-0.39, 0.29) is 17.8 Å². The van der Waals surface area contributed by atoms with Gasteiger partial charge in [0.25, 0.3) is 0 Å². The first-order chi connectivity index (χ1) is 12.2. The summed E-state index contributed by atoms with van der Waals surface area (Å²) in [5.74, 6) is 0.691. The Hall–Kier alpha value is -2.21. The molecule has 0 amide bonds. The van der Waals surface area contributed by atoms with E-state index < -0.39 is 0 Å². The van der Waals surface area contributed by atoms with E-state index >= 15 is 0 Å². The number of rotatable bonds is 4. The van der Waals surface area contributed by atoms with Crippen molar-refractivity contribution in [1.82, 2.24) is 9.88 Å². The Morgan fingerprint density at radius 1 is 1.32 bits per heavy atom. The number of phenols is 1. The number of aliphatic imine (C=N–C) groups is 1. The maximum Gasteiger partial charge on any atom is 0.161 e. The van der Waals surface area contributed by atoms with Gasteiger partial charge in [0.15, 0.2) is 16.7 Å². The van der Waals surface area contributed by atoms with Crippen LogP contribution in [0.25, 0.3) is 0 Å². The molecule has 3 atom stereocenters. The SMILES string of the molecule is CCOc1cc([C@@H]2[C@@H](c3ccccn3)N=C3S[C@H](C)CN32)ccc1O. The first-order valence-electron chi connectivity index (χ1n) is 8.55. The number of nitrogens with zero attached hydrogens (tertiary/aromatic N) is 3. The molecule has 3 heterocycles. The van der Waals surface area contributed by atoms with Crippen LogP contribution in [0.4, 0.5) is 0 Å². The molecule has 1 aromatic heterocycles. The van der Waals surface area contributed by atoms with E-state index in [9.17, 15) is 5.11 Å². The molecular weight excluding hydrogens is 334 g/mol. The highest BCUT2D eigenvalue weighted by Gasteiger charge is 2.43. The molecule has 1 fully saturated rings. The van der Waals surface area contributed by atoms with Crippen molar-refractivity contribution in [3.63, 3.8) is 0 Å². The summed E-state index contributed by atoms with van der Waals surface area (Å²) < 4.78 is 5.58. The zero-order valence-electron chi connectivity index (χ0n) is 14.3. The van der Waals surface area contributed by atoms with Gasteiger partial charge in [-0.2, -0.15) is 0 Å². The van der Waals surface area contributed by atoms with Crippen LogP contribution in [-0.4, -0.2) is 38.6 Å². The van der Waals surface area contributed by atoms with Gasteiger partial charge in [0.1, 0.15) is 6.04 Å². The molecule has 0 aliphatic carbocycles. The van der Waals surface area contributed by atoms with Crippen LogP contribution in [0.2, 0.25) is 0 Å². The molecule has 25 heavy (non-hydrogen) atoms. The summed E-state index contributed by atoms with van der Waals surface area (Å²) in [6.07, 6.45) is 1.81. The monoisotopic (exact) mass is 355 g/mol. The van der Waals surface area contributed by atoms with Crippen molar-refractivity contribution in [2.45, 2.75) is 31.2 Å². The van der Waals surface area contributed by atoms with E-state index in [4.69, 9.17) is 9.73 Å². The van der Waals surface area contributed by atoms with Crippen molar-refractivity contribution < 1.29 is 9.84 Å². The first-order valence-corrected chi connectivity index (χ1v) is 9.43. The van der Waals surface area contributed by atoms with Gasteiger partial charge in [0.05, 0.1) is 18.3 Å². The number of amidine groups is 1. The van der Waals surface area contributed by atoms with Gasteiger partial charge in [-0.1, -0.05) is 30.8 Å². The molecule has 0 spiro atoms. The molecule has 6 heteroatoms. The van der Waals surface area contributed by atoms with E-state index in [2.05, 4.69) is 16.8 Å². The second-order valence-corrected chi connectivity index (χ2v) is 7.70. The number of pyridine rings is 1. The van der Waals surface area contributed by atoms with Crippen molar-refractivity contribution >= 4 is 16.9 Å². The van der Waals surface area contributed by atoms with Crippen LogP contribution in [0.1, 0.15) is 37.2 Å². The topological polar surface area (TPSA) is 58.0 Å². The normalized spacial score (nSPS) is 25.0. The van der Waals surface area contributed by atoms with E-state index in [0.29, 0.717) is 17.6 Å². The highest BCUT2D eigenvalue weighted by atomic mass is 32.2. The standard InChI is InChI=1S/C19H21N3O2S/c1-3-24-16-10-13(7-8-15(16)23)18-17(14-6-4-5-9-20-14)21-19-22(18)11-12(2)25-19/h4-10,12,17-18,23H,3,11H2,1-2H3/t12-,17-,18-/m1/s1. The van der Waals surface area contributed by atoms with Crippen LogP contribution in [0, 0.1) is 0 Å². The second-order valence-electron chi connectivity index (χ2n) is 6.30. The van der Waals surface area contributed by atoms with Crippen molar-refractivity contribution in [2.24, 2.45) is 4.99 Å². The third-order valence-corrected chi connectivity index (χ3v) is 5.61. The Labute approximate surface area is 151 Å². The van der Waals surface area contributed by atoms with Gasteiger partial charge in [-0.25, -0.2) is 0 Å². The molecule has 1 N–H and O–H groups in total. The lowest BCUT2D eigenvalue weighted by Gasteiger charge is -2.27. The fourth-order valence-electron chi connectivity index (χ4n) is 3.46. The van der Waals surface area contributed by atoms with Crippen LogP contribution in [0.5, 0.6) is 11.5 Å². The lowest BCUT2D eigenvalue weighted by molar-refractivity contribution is 0.306. The summed E-state index contributed by atoms with van der Waals surface area (Å²) in [6.45, 7) is 5.62. The third kappa shape index (κ3) is 2.95. The molecule has 0 unspecified atom stereocenters. The Morgan fingerprint density at radius 3 is 2.96 bits per heavy atom. The minimum Gasteiger partial charge on any atom is -0.504 e. The van der Waals surface area contributed by atoms with Crippen LogP contribution >= 0.6 is 11.8 Å². The van der Waals surface area contributed by atoms with E-state index in [1.54, 1.807) is 6.07 Å². The lowest BCUT2D eigenvalue weighted by atomic mass is 9.96. The molecule has 2 aliphatic heterocycles. The summed E-state index contributed by atoms with van der Waals surface area (Å²) in [7, 11) is 0. The summed E-state index contributed by atoms with van der Waals surface area (Å²) >= 11 is 1.82. The number of ether oxygens (including phenoxy) is 1. The van der Waals surface area contributed by atoms with Gasteiger partial charge in [-0.3, -0.25) is 9.98 Å². The Bertz CT molecular complexity index is 797. The van der Waals surface area contributed by atoms with Crippen LogP contribution < -0.4 is 4.74 Å². The predicted molar refractivity (Wildman–Crippen MR) is 100 cm³/mol. The van der Waals surface area contributed by atoms with Crippen molar-refractivity contribution in [2.75, 3.05) is 13.2 Å². The summed E-state index contributed by atoms with van der Waals surface area (Å²) in [4.78, 5) is 11.9. The summed E-state index contributed by atoms with van der Waals surface area (Å²) in [5.41, 5.74) is 2.05. The van der Waals surface area contributed by atoms with Gasteiger partial charge in [0, 0.05) is 18.0 Å². The molecule has 0 radical (unpaired) electrons. The van der Waals surface area contributed by atoms with Gasteiger partial charge in [-0.05, 0) is 36.8 Å². The fourth-order valence-corrected chi connectivity index (χ4v) is 4.56. The predicted octanol–water partition coefficient (Wildman–Crippen LogP) is 3.78. The average molecular weight is 355 g/mol. The van der Waals surface area contributed by atoms with E-state index in [1.165, 1.54) is 0 Å². The van der Waals surface area contributed by atoms with Crippen molar-refractivity contribution in [3.05, 3.63) is 53.9 Å². The quantitative estimate of drug-likeness (QED) is 0.905. The fraction of sp³-hybridized carbons (Fsp3) is 0.368. The molecule has 130 valence electrons. The smallest absolute Gasteiger partial charge is 0.161 e. The molecular formula is C19H21N3O2S. The largest absolute Gasteiger partial charge is 0.504 e. The lowest BCUT2D eigenvalue weighted by Crippen LogP contribution is -2.28. The molecule has 0 bridgehead atoms. The van der Waals surface area contributed by atoms with Gasteiger partial charge >= 0.3 is 0 Å². The number of fused-ring (bicyclic) bond motifs is 1. The van der Waals surface area contributed by atoms with Crippen molar-refractivity contribution in [3.8, 4) is 11.5 Å². The highest BCUT2D eigenvalue weighted by Crippen LogP contribution is 2.48. The molecule has 2 aromatic rings. The number of aromatic nitrogens is 1. The third-order valence-electron chi connectivity index (χ3n) is 4.51. The Kier molecular flexibility index (Phi) is 4.29. The van der Waals surface area contributed by atoms with E-state index in [1.807, 2.05) is 55.2 Å². The van der Waals surface area contributed by atoms with Gasteiger partial charge in [0.2, 0.25) is 0 Å². The molecule has 5 nitrogen and oxygen atoms in total. The second kappa shape index (κ2) is 6.59. The van der Waals surface area contributed by atoms with Gasteiger partial charge in [-0.15, -0.1) is 0 Å². The first kappa shape index (κ1) is 16.3. The van der Waals surface area contributed by atoms with Crippen LogP contribution in [0.3, 0.4) is 0 Å². The van der Waals surface area contributed by atoms with Gasteiger partial charge < -0.3 is 14.7 Å². The maximum atomic E-state index is 10.0. The Balaban J connectivity index is 1.76. The summed E-state index contributed by atoms with van der Waals surface area (Å²) in [5, 5.41) is 11.6.